The van der Waals surface area contributed by atoms with Crippen LogP contribution in [0, 0.1) is 0 Å². The Bertz CT molecular complexity index is 601. The second kappa shape index (κ2) is 5.91. The number of hydrogen-bond acceptors (Lipinski definition) is 4. The molecule has 0 fully saturated rings. The minimum Gasteiger partial charge on any atom is -0.493 e. The molecule has 0 aliphatic carbocycles. The number of hydrazine groups is 1. The van der Waals surface area contributed by atoms with Crippen molar-refractivity contribution in [3.8, 4) is 5.75 Å². The second-order valence-corrected chi connectivity index (χ2v) is 5.70. The Morgan fingerprint density at radius 3 is 2.95 bits per heavy atom. The first-order valence-electron chi connectivity index (χ1n) is 6.62. The Kier molecular flexibility index (Phi) is 4.00. The lowest BCUT2D eigenvalue weighted by atomic mass is 9.96. The number of halogens is 1. The van der Waals surface area contributed by atoms with Gasteiger partial charge in [0.15, 0.2) is 0 Å². The van der Waals surface area contributed by atoms with Crippen LogP contribution in [0.4, 0.5) is 0 Å². The van der Waals surface area contributed by atoms with E-state index in [0.717, 1.165) is 40.9 Å². The highest BCUT2D eigenvalue weighted by Gasteiger charge is 2.22. The molecule has 20 heavy (non-hydrogen) atoms. The van der Waals surface area contributed by atoms with E-state index in [1.807, 2.05) is 24.3 Å². The first-order chi connectivity index (χ1) is 9.79. The van der Waals surface area contributed by atoms with Crippen LogP contribution in [0.15, 0.2) is 41.0 Å². The summed E-state index contributed by atoms with van der Waals surface area (Å²) in [7, 11) is 0. The van der Waals surface area contributed by atoms with Crippen LogP contribution in [-0.4, -0.2) is 11.6 Å². The Morgan fingerprint density at radius 2 is 2.20 bits per heavy atom. The molecule has 1 atom stereocenters. The molecule has 0 saturated heterocycles. The average molecular weight is 334 g/mol. The Balaban J connectivity index is 2.03. The minimum absolute atomic E-state index is 0.170. The van der Waals surface area contributed by atoms with Gasteiger partial charge >= 0.3 is 0 Å². The molecule has 0 saturated carbocycles. The summed E-state index contributed by atoms with van der Waals surface area (Å²) in [6.45, 7) is 0.759. The second-order valence-electron chi connectivity index (χ2n) is 4.79. The highest BCUT2D eigenvalue weighted by molar-refractivity contribution is 9.10. The van der Waals surface area contributed by atoms with E-state index in [-0.39, 0.29) is 6.04 Å². The molecule has 0 amide bonds. The summed E-state index contributed by atoms with van der Waals surface area (Å²) in [5.74, 6) is 6.70. The maximum absolute atomic E-state index is 5.85. The third-order valence-electron chi connectivity index (χ3n) is 3.49. The first kappa shape index (κ1) is 13.5. The molecule has 0 bridgehead atoms. The van der Waals surface area contributed by atoms with Crippen molar-refractivity contribution in [1.82, 2.24) is 10.4 Å². The molecule has 1 aliphatic rings. The Labute approximate surface area is 126 Å². The summed E-state index contributed by atoms with van der Waals surface area (Å²) in [5.41, 5.74) is 6.00. The molecule has 1 unspecified atom stereocenters. The van der Waals surface area contributed by atoms with Crippen molar-refractivity contribution in [2.24, 2.45) is 5.84 Å². The van der Waals surface area contributed by atoms with Gasteiger partial charge in [0.05, 0.1) is 18.3 Å². The molecule has 2 heterocycles. The number of hydrogen-bond donors (Lipinski definition) is 2. The van der Waals surface area contributed by atoms with Crippen LogP contribution in [0.5, 0.6) is 5.75 Å². The summed E-state index contributed by atoms with van der Waals surface area (Å²) < 4.78 is 6.80. The first-order valence-corrected chi connectivity index (χ1v) is 7.41. The smallest absolute Gasteiger partial charge is 0.127 e. The van der Waals surface area contributed by atoms with Crippen molar-refractivity contribution < 1.29 is 4.74 Å². The summed E-state index contributed by atoms with van der Waals surface area (Å²) in [6, 6.07) is 9.95. The molecule has 5 heteroatoms. The van der Waals surface area contributed by atoms with Crippen LogP contribution < -0.4 is 16.0 Å². The fraction of sp³-hybridized carbons (Fsp3) is 0.267. The lowest BCUT2D eigenvalue weighted by Gasteiger charge is -2.24. The third kappa shape index (κ3) is 2.57. The van der Waals surface area contributed by atoms with Crippen LogP contribution in [-0.2, 0) is 6.42 Å². The number of ether oxygens (including phenoxy) is 1. The van der Waals surface area contributed by atoms with Crippen LogP contribution in [0.1, 0.15) is 29.3 Å². The number of fused-ring (bicyclic) bond motifs is 1. The molecule has 1 aromatic heterocycles. The maximum Gasteiger partial charge on any atom is 0.127 e. The fourth-order valence-electron chi connectivity index (χ4n) is 2.53. The van der Waals surface area contributed by atoms with Crippen molar-refractivity contribution >= 4 is 15.9 Å². The Hall–Kier alpha value is -1.43. The number of nitrogens with two attached hydrogens (primary N) is 1. The van der Waals surface area contributed by atoms with E-state index in [0.29, 0.717) is 0 Å². The Morgan fingerprint density at radius 1 is 1.30 bits per heavy atom. The van der Waals surface area contributed by atoms with Gasteiger partial charge in [-0.2, -0.15) is 0 Å². The summed E-state index contributed by atoms with van der Waals surface area (Å²) in [6.07, 6.45) is 3.89. The number of aromatic nitrogens is 1. The predicted octanol–water partition coefficient (Wildman–Crippen LogP) is 2.72. The van der Waals surface area contributed by atoms with Crippen molar-refractivity contribution in [2.45, 2.75) is 18.9 Å². The zero-order valence-corrected chi connectivity index (χ0v) is 12.6. The van der Waals surface area contributed by atoms with E-state index in [1.165, 1.54) is 5.56 Å². The number of pyridine rings is 1. The molecule has 1 aromatic carbocycles. The molecular formula is C15H16BrN3O. The average Bonchev–Trinajstić information content (AvgIpc) is 2.50. The number of para-hydroxylation sites is 1. The zero-order valence-electron chi connectivity index (χ0n) is 11.0. The fourth-order valence-corrected chi connectivity index (χ4v) is 2.77. The van der Waals surface area contributed by atoms with E-state index in [4.69, 9.17) is 10.6 Å². The van der Waals surface area contributed by atoms with Crippen LogP contribution in [0.25, 0.3) is 0 Å². The maximum atomic E-state index is 5.85. The molecule has 3 rings (SSSR count). The van der Waals surface area contributed by atoms with Gasteiger partial charge in [0.2, 0.25) is 0 Å². The lowest BCUT2D eigenvalue weighted by Crippen LogP contribution is -2.30. The van der Waals surface area contributed by atoms with Crippen molar-refractivity contribution in [3.63, 3.8) is 0 Å². The van der Waals surface area contributed by atoms with Crippen LogP contribution in [0.3, 0.4) is 0 Å². The molecule has 104 valence electrons. The number of rotatable bonds is 3. The predicted molar refractivity (Wildman–Crippen MR) is 81.4 cm³/mol. The van der Waals surface area contributed by atoms with E-state index in [2.05, 4.69) is 32.4 Å². The number of aryl methyl sites for hydroxylation is 1. The number of nitrogens with one attached hydrogen (secondary N) is 1. The molecule has 0 radical (unpaired) electrons. The minimum atomic E-state index is -0.170. The zero-order chi connectivity index (χ0) is 13.9. The van der Waals surface area contributed by atoms with Gasteiger partial charge in [-0.15, -0.1) is 0 Å². The van der Waals surface area contributed by atoms with Gasteiger partial charge in [-0.1, -0.05) is 18.2 Å². The van der Waals surface area contributed by atoms with Crippen molar-refractivity contribution in [2.75, 3.05) is 6.61 Å². The molecule has 0 spiro atoms. The van der Waals surface area contributed by atoms with Gasteiger partial charge in [-0.05, 0) is 46.5 Å². The summed E-state index contributed by atoms with van der Waals surface area (Å²) in [5, 5.41) is 0. The van der Waals surface area contributed by atoms with E-state index in [1.54, 1.807) is 6.20 Å². The highest BCUT2D eigenvalue weighted by atomic mass is 79.9. The topological polar surface area (TPSA) is 60.2 Å². The third-order valence-corrected chi connectivity index (χ3v) is 3.96. The molecule has 3 N–H and O–H groups in total. The largest absolute Gasteiger partial charge is 0.493 e. The van der Waals surface area contributed by atoms with E-state index in [9.17, 15) is 0 Å². The quantitative estimate of drug-likeness (QED) is 0.669. The van der Waals surface area contributed by atoms with Gasteiger partial charge in [-0.25, -0.2) is 5.43 Å². The van der Waals surface area contributed by atoms with Crippen LogP contribution >= 0.6 is 15.9 Å². The van der Waals surface area contributed by atoms with Gasteiger partial charge < -0.3 is 4.74 Å². The standard InChI is InChI=1S/C15H16BrN3O/c16-11-6-7-13(18-9-11)14(19-17)12-5-1-3-10-4-2-8-20-15(10)12/h1,3,5-7,9,14,19H,2,4,8,17H2. The van der Waals surface area contributed by atoms with Crippen LogP contribution in [0.2, 0.25) is 0 Å². The van der Waals surface area contributed by atoms with E-state index < -0.39 is 0 Å². The van der Waals surface area contributed by atoms with Crippen molar-refractivity contribution in [1.29, 1.82) is 0 Å². The van der Waals surface area contributed by atoms with E-state index >= 15 is 0 Å². The van der Waals surface area contributed by atoms with Gasteiger partial charge in [0.25, 0.3) is 0 Å². The van der Waals surface area contributed by atoms with Crippen molar-refractivity contribution in [3.05, 3.63) is 57.8 Å². The lowest BCUT2D eigenvalue weighted by molar-refractivity contribution is 0.283. The molecule has 2 aromatic rings. The molecular weight excluding hydrogens is 318 g/mol. The monoisotopic (exact) mass is 333 g/mol. The van der Waals surface area contributed by atoms with Gasteiger partial charge in [0, 0.05) is 16.2 Å². The number of benzene rings is 1. The molecule has 4 nitrogen and oxygen atoms in total. The summed E-state index contributed by atoms with van der Waals surface area (Å²) >= 11 is 3.39. The number of nitrogens with zero attached hydrogens (tertiary/aromatic N) is 1. The molecule has 1 aliphatic heterocycles. The normalized spacial score (nSPS) is 15.3. The SMILES string of the molecule is NNC(c1ccc(Br)cn1)c1cccc2c1OCCC2. The van der Waals surface area contributed by atoms with Gasteiger partial charge in [0.1, 0.15) is 5.75 Å². The highest BCUT2D eigenvalue weighted by Crippen LogP contribution is 2.34. The summed E-state index contributed by atoms with van der Waals surface area (Å²) in [4.78, 5) is 4.43. The van der Waals surface area contributed by atoms with Gasteiger partial charge in [-0.3, -0.25) is 10.8 Å².